The highest BCUT2D eigenvalue weighted by Crippen LogP contribution is 2.35. The van der Waals surface area contributed by atoms with Crippen molar-refractivity contribution in [3.8, 4) is 22.5 Å². The van der Waals surface area contributed by atoms with Gasteiger partial charge in [0.15, 0.2) is 5.16 Å². The summed E-state index contributed by atoms with van der Waals surface area (Å²) in [5.41, 5.74) is 5.01. The first-order chi connectivity index (χ1) is 14.7. The molecule has 0 saturated carbocycles. The first kappa shape index (κ1) is 20.2. The molecular weight excluding hydrogens is 395 g/mol. The van der Waals surface area contributed by atoms with E-state index in [0.29, 0.717) is 0 Å². The molecule has 152 valence electrons. The summed E-state index contributed by atoms with van der Waals surface area (Å²) in [5, 5.41) is 4.32. The molecule has 0 aliphatic carbocycles. The van der Waals surface area contributed by atoms with Crippen LogP contribution in [0.1, 0.15) is 5.56 Å². The summed E-state index contributed by atoms with van der Waals surface area (Å²) in [6.07, 6.45) is 4.74. The lowest BCUT2D eigenvalue weighted by Crippen LogP contribution is -2.06. The zero-order valence-electron chi connectivity index (χ0n) is 17.0. The SMILES string of the molecule is CSc1nc(-c2ccc(F)cc2)c(-c2ccnc(NCCc3ccccc3)c2)n1C. The third kappa shape index (κ3) is 4.39. The highest BCUT2D eigenvalue weighted by molar-refractivity contribution is 7.98. The Morgan fingerprint density at radius 2 is 1.77 bits per heavy atom. The maximum Gasteiger partial charge on any atom is 0.168 e. The van der Waals surface area contributed by atoms with E-state index >= 15 is 0 Å². The van der Waals surface area contributed by atoms with Crippen molar-refractivity contribution in [1.29, 1.82) is 0 Å². The van der Waals surface area contributed by atoms with Crippen LogP contribution in [-0.4, -0.2) is 27.3 Å². The molecule has 4 nitrogen and oxygen atoms in total. The second-order valence-corrected chi connectivity index (χ2v) is 7.73. The van der Waals surface area contributed by atoms with Gasteiger partial charge in [0.25, 0.3) is 0 Å². The molecule has 0 spiro atoms. The van der Waals surface area contributed by atoms with Crippen LogP contribution < -0.4 is 5.32 Å². The van der Waals surface area contributed by atoms with E-state index in [0.717, 1.165) is 46.5 Å². The average molecular weight is 419 g/mol. The fraction of sp³-hybridized carbons (Fsp3) is 0.167. The number of nitrogens with zero attached hydrogens (tertiary/aromatic N) is 3. The summed E-state index contributed by atoms with van der Waals surface area (Å²) in [4.78, 5) is 9.27. The minimum atomic E-state index is -0.255. The largest absolute Gasteiger partial charge is 0.370 e. The van der Waals surface area contributed by atoms with Crippen LogP contribution in [0.2, 0.25) is 0 Å². The van der Waals surface area contributed by atoms with E-state index in [1.165, 1.54) is 17.7 Å². The van der Waals surface area contributed by atoms with Crippen molar-refractivity contribution in [1.82, 2.24) is 14.5 Å². The monoisotopic (exact) mass is 418 g/mol. The minimum absolute atomic E-state index is 0.255. The number of hydrogen-bond donors (Lipinski definition) is 1. The Morgan fingerprint density at radius 3 is 2.50 bits per heavy atom. The molecule has 30 heavy (non-hydrogen) atoms. The predicted molar refractivity (Wildman–Crippen MR) is 122 cm³/mol. The van der Waals surface area contributed by atoms with Crippen LogP contribution in [-0.2, 0) is 13.5 Å². The Balaban J connectivity index is 1.62. The summed E-state index contributed by atoms with van der Waals surface area (Å²) in [7, 11) is 2.00. The van der Waals surface area contributed by atoms with E-state index in [4.69, 9.17) is 4.98 Å². The number of anilines is 1. The van der Waals surface area contributed by atoms with Crippen molar-refractivity contribution in [2.24, 2.45) is 7.05 Å². The smallest absolute Gasteiger partial charge is 0.168 e. The molecule has 0 saturated heterocycles. The number of aromatic nitrogens is 3. The van der Waals surface area contributed by atoms with Crippen molar-refractivity contribution < 1.29 is 4.39 Å². The molecule has 1 N–H and O–H groups in total. The number of benzene rings is 2. The average Bonchev–Trinajstić information content (AvgIpc) is 3.11. The molecular formula is C24H23FN4S. The van der Waals surface area contributed by atoms with Gasteiger partial charge in [0, 0.05) is 30.9 Å². The van der Waals surface area contributed by atoms with Gasteiger partial charge in [-0.15, -0.1) is 0 Å². The number of hydrogen-bond acceptors (Lipinski definition) is 4. The van der Waals surface area contributed by atoms with E-state index in [2.05, 4.69) is 39.1 Å². The van der Waals surface area contributed by atoms with E-state index < -0.39 is 0 Å². The van der Waals surface area contributed by atoms with Gasteiger partial charge in [0.2, 0.25) is 0 Å². The van der Waals surface area contributed by atoms with Crippen LogP contribution in [0.4, 0.5) is 10.2 Å². The van der Waals surface area contributed by atoms with Crippen molar-refractivity contribution in [2.45, 2.75) is 11.6 Å². The first-order valence-electron chi connectivity index (χ1n) is 9.76. The number of nitrogens with one attached hydrogen (secondary N) is 1. The van der Waals surface area contributed by atoms with Gasteiger partial charge < -0.3 is 9.88 Å². The molecule has 0 fully saturated rings. The summed E-state index contributed by atoms with van der Waals surface area (Å²) in [6.45, 7) is 0.798. The third-order valence-corrected chi connectivity index (χ3v) is 5.68. The molecule has 4 rings (SSSR count). The van der Waals surface area contributed by atoms with Gasteiger partial charge in [0.1, 0.15) is 11.6 Å². The van der Waals surface area contributed by atoms with Gasteiger partial charge in [-0.3, -0.25) is 0 Å². The van der Waals surface area contributed by atoms with E-state index in [-0.39, 0.29) is 5.82 Å². The molecule has 0 unspecified atom stereocenters. The van der Waals surface area contributed by atoms with Crippen LogP contribution in [0.15, 0.2) is 78.1 Å². The van der Waals surface area contributed by atoms with Crippen LogP contribution in [0.5, 0.6) is 0 Å². The molecule has 0 radical (unpaired) electrons. The summed E-state index contributed by atoms with van der Waals surface area (Å²) in [5.74, 6) is 0.565. The van der Waals surface area contributed by atoms with Crippen LogP contribution >= 0.6 is 11.8 Å². The molecule has 2 aromatic carbocycles. The van der Waals surface area contributed by atoms with Crippen molar-refractivity contribution in [2.75, 3.05) is 18.1 Å². The number of pyridine rings is 1. The van der Waals surface area contributed by atoms with Crippen molar-refractivity contribution in [3.63, 3.8) is 0 Å². The fourth-order valence-electron chi connectivity index (χ4n) is 3.45. The van der Waals surface area contributed by atoms with E-state index in [1.54, 1.807) is 30.1 Å². The zero-order valence-corrected chi connectivity index (χ0v) is 17.8. The molecule has 0 bridgehead atoms. The maximum atomic E-state index is 13.4. The lowest BCUT2D eigenvalue weighted by Gasteiger charge is -2.10. The van der Waals surface area contributed by atoms with Crippen LogP contribution in [0.3, 0.4) is 0 Å². The van der Waals surface area contributed by atoms with Gasteiger partial charge in [-0.05, 0) is 54.6 Å². The number of thioether (sulfide) groups is 1. The number of halogens is 1. The topological polar surface area (TPSA) is 42.7 Å². The normalized spacial score (nSPS) is 10.9. The molecule has 0 aliphatic rings. The van der Waals surface area contributed by atoms with E-state index in [9.17, 15) is 4.39 Å². The van der Waals surface area contributed by atoms with E-state index in [1.807, 2.05) is 31.5 Å². The number of imidazole rings is 1. The molecule has 2 heterocycles. The lowest BCUT2D eigenvalue weighted by molar-refractivity contribution is 0.628. The van der Waals surface area contributed by atoms with Gasteiger partial charge in [0.05, 0.1) is 11.4 Å². The highest BCUT2D eigenvalue weighted by Gasteiger charge is 2.18. The quantitative estimate of drug-likeness (QED) is 0.393. The highest BCUT2D eigenvalue weighted by atomic mass is 32.2. The Morgan fingerprint density at radius 1 is 1.00 bits per heavy atom. The van der Waals surface area contributed by atoms with Gasteiger partial charge in [-0.25, -0.2) is 14.4 Å². The minimum Gasteiger partial charge on any atom is -0.370 e. The number of rotatable bonds is 7. The van der Waals surface area contributed by atoms with Gasteiger partial charge in [-0.2, -0.15) is 0 Å². The Hall–Kier alpha value is -3.12. The zero-order chi connectivity index (χ0) is 20.9. The molecule has 0 atom stereocenters. The Bertz CT molecular complexity index is 1120. The fourth-order valence-corrected chi connectivity index (χ4v) is 4.00. The molecule has 6 heteroatoms. The second-order valence-electron chi connectivity index (χ2n) is 6.95. The van der Waals surface area contributed by atoms with Crippen LogP contribution in [0, 0.1) is 5.82 Å². The van der Waals surface area contributed by atoms with Crippen molar-refractivity contribution >= 4 is 17.6 Å². The van der Waals surface area contributed by atoms with Crippen LogP contribution in [0.25, 0.3) is 22.5 Å². The van der Waals surface area contributed by atoms with Gasteiger partial charge >= 0.3 is 0 Å². The first-order valence-corrected chi connectivity index (χ1v) is 11.0. The van der Waals surface area contributed by atoms with Crippen molar-refractivity contribution in [3.05, 3.63) is 84.3 Å². The third-order valence-electron chi connectivity index (χ3n) is 4.95. The second kappa shape index (κ2) is 9.13. The summed E-state index contributed by atoms with van der Waals surface area (Å²) >= 11 is 1.59. The van der Waals surface area contributed by atoms with Gasteiger partial charge in [-0.1, -0.05) is 42.1 Å². The standard InChI is InChI=1S/C24H23FN4S/c1-29-23(22(28-24(29)30-2)18-8-10-20(25)11-9-18)19-13-15-27-21(16-19)26-14-12-17-6-4-3-5-7-17/h3-11,13,15-16H,12,14H2,1-2H3,(H,26,27). The lowest BCUT2D eigenvalue weighted by atomic mass is 10.1. The molecule has 0 aliphatic heterocycles. The molecule has 2 aromatic heterocycles. The Kier molecular flexibility index (Phi) is 6.14. The summed E-state index contributed by atoms with van der Waals surface area (Å²) < 4.78 is 15.5. The summed E-state index contributed by atoms with van der Waals surface area (Å²) in [6, 6.07) is 20.9. The molecule has 0 amide bonds. The molecule has 4 aromatic rings. The maximum absolute atomic E-state index is 13.4. The predicted octanol–water partition coefficient (Wildman–Crippen LogP) is 5.66. The Labute approximate surface area is 180 Å².